The molecule has 0 radical (unpaired) electrons. The minimum absolute atomic E-state index is 0.0813. The van der Waals surface area contributed by atoms with Crippen molar-refractivity contribution in [1.82, 2.24) is 0 Å². The maximum Gasteiger partial charge on any atom is 0.190 e. The fourth-order valence-corrected chi connectivity index (χ4v) is 7.61. The smallest absolute Gasteiger partial charge is 0.190 e. The third-order valence-electron chi connectivity index (χ3n) is 9.36. The molecule has 6 atom stereocenters. The zero-order chi connectivity index (χ0) is 22.0. The van der Waals surface area contributed by atoms with E-state index in [1.165, 1.54) is 11.1 Å². The molecule has 1 aromatic rings. The average molecular weight is 421 g/mol. The van der Waals surface area contributed by atoms with Gasteiger partial charge in [-0.3, -0.25) is 9.59 Å². The molecule has 4 nitrogen and oxygen atoms in total. The van der Waals surface area contributed by atoms with E-state index in [1.807, 2.05) is 36.4 Å². The van der Waals surface area contributed by atoms with Crippen LogP contribution in [0.1, 0.15) is 63.9 Å². The Kier molecular flexibility index (Phi) is 4.69. The largest absolute Gasteiger partial charge is 0.388 e. The van der Waals surface area contributed by atoms with Gasteiger partial charge in [-0.05, 0) is 55.6 Å². The molecule has 2 N–H and O–H groups in total. The number of rotatable bonds is 3. The fraction of sp³-hybridized carbons (Fsp3) is 0.556. The molecular weight excluding hydrogens is 388 g/mol. The molecule has 4 aliphatic carbocycles. The Morgan fingerprint density at radius 3 is 2.61 bits per heavy atom. The van der Waals surface area contributed by atoms with Crippen LogP contribution in [-0.4, -0.2) is 34.0 Å². The number of carbonyl (C=O) groups excluding carboxylic acids is 2. The molecule has 2 fully saturated rings. The molecule has 0 bridgehead atoms. The Morgan fingerprint density at radius 2 is 1.90 bits per heavy atom. The van der Waals surface area contributed by atoms with Gasteiger partial charge in [0.1, 0.15) is 12.2 Å². The molecule has 5 rings (SSSR count). The summed E-state index contributed by atoms with van der Waals surface area (Å²) in [5.74, 6) is -0.0991. The van der Waals surface area contributed by atoms with Crippen molar-refractivity contribution in [2.45, 2.75) is 63.9 Å². The second-order valence-corrected chi connectivity index (χ2v) is 10.5. The molecule has 4 heteroatoms. The van der Waals surface area contributed by atoms with Crippen LogP contribution in [0.4, 0.5) is 0 Å². The van der Waals surface area contributed by atoms with E-state index in [-0.39, 0.29) is 23.0 Å². The summed E-state index contributed by atoms with van der Waals surface area (Å²) in [4.78, 5) is 25.2. The van der Waals surface area contributed by atoms with Crippen molar-refractivity contribution in [1.29, 1.82) is 0 Å². The number of benzene rings is 1. The minimum atomic E-state index is -1.59. The summed E-state index contributed by atoms with van der Waals surface area (Å²) < 4.78 is 0. The van der Waals surface area contributed by atoms with Crippen LogP contribution in [0.15, 0.2) is 53.6 Å². The van der Waals surface area contributed by atoms with Crippen molar-refractivity contribution in [3.05, 3.63) is 59.2 Å². The number of ketones is 2. The van der Waals surface area contributed by atoms with Crippen molar-refractivity contribution < 1.29 is 19.8 Å². The predicted molar refractivity (Wildman–Crippen MR) is 118 cm³/mol. The number of hydrogen-bond acceptors (Lipinski definition) is 4. The van der Waals surface area contributed by atoms with Crippen molar-refractivity contribution in [2.75, 3.05) is 6.61 Å². The molecule has 0 aromatic heterocycles. The monoisotopic (exact) mass is 420 g/mol. The molecule has 1 aromatic carbocycles. The molecule has 31 heavy (non-hydrogen) atoms. The minimum Gasteiger partial charge on any atom is -0.388 e. The lowest BCUT2D eigenvalue weighted by molar-refractivity contribution is -0.158. The lowest BCUT2D eigenvalue weighted by Gasteiger charge is -2.54. The fourth-order valence-electron chi connectivity index (χ4n) is 7.61. The summed E-state index contributed by atoms with van der Waals surface area (Å²) in [6, 6.07) is 9.83. The third kappa shape index (κ3) is 2.67. The summed E-state index contributed by atoms with van der Waals surface area (Å²) in [6.07, 6.45) is 8.79. The van der Waals surface area contributed by atoms with Crippen molar-refractivity contribution in [2.24, 2.45) is 22.7 Å². The highest BCUT2D eigenvalue weighted by atomic mass is 16.3. The van der Waals surface area contributed by atoms with Crippen LogP contribution in [-0.2, 0) is 9.59 Å². The first-order chi connectivity index (χ1) is 14.8. The van der Waals surface area contributed by atoms with Gasteiger partial charge in [0.25, 0.3) is 0 Å². The predicted octanol–water partition coefficient (Wildman–Crippen LogP) is 4.12. The molecule has 4 aliphatic rings. The highest BCUT2D eigenvalue weighted by Gasteiger charge is 2.68. The lowest BCUT2D eigenvalue weighted by atomic mass is 9.50. The Morgan fingerprint density at radius 1 is 1.16 bits per heavy atom. The first kappa shape index (κ1) is 20.8. The van der Waals surface area contributed by atoms with Crippen LogP contribution in [0.2, 0.25) is 0 Å². The average Bonchev–Trinajstić information content (AvgIpc) is 3.02. The maximum absolute atomic E-state index is 13.1. The van der Waals surface area contributed by atoms with Gasteiger partial charge < -0.3 is 10.2 Å². The Hall–Kier alpha value is -2.04. The molecule has 0 heterocycles. The van der Waals surface area contributed by atoms with Gasteiger partial charge in [0, 0.05) is 23.2 Å². The van der Waals surface area contributed by atoms with E-state index in [0.717, 1.165) is 31.2 Å². The van der Waals surface area contributed by atoms with E-state index in [2.05, 4.69) is 19.9 Å². The first-order valence-corrected chi connectivity index (χ1v) is 11.6. The van der Waals surface area contributed by atoms with Crippen LogP contribution < -0.4 is 0 Å². The van der Waals surface area contributed by atoms with E-state index in [1.54, 1.807) is 0 Å². The molecule has 0 saturated heterocycles. The number of allylic oxidation sites excluding steroid dienone is 4. The van der Waals surface area contributed by atoms with Gasteiger partial charge in [0.2, 0.25) is 0 Å². The Labute approximate surface area is 184 Å². The van der Waals surface area contributed by atoms with Gasteiger partial charge in [0.05, 0.1) is 0 Å². The Balaban J connectivity index is 1.61. The van der Waals surface area contributed by atoms with E-state index in [4.69, 9.17) is 0 Å². The number of aliphatic hydroxyl groups is 2. The second kappa shape index (κ2) is 6.98. The van der Waals surface area contributed by atoms with Gasteiger partial charge in [0.15, 0.2) is 11.6 Å². The number of hydrogen-bond donors (Lipinski definition) is 2. The summed E-state index contributed by atoms with van der Waals surface area (Å²) in [6.45, 7) is 3.69. The normalized spacial score (nSPS) is 41.5. The molecule has 2 unspecified atom stereocenters. The highest BCUT2D eigenvalue weighted by Crippen LogP contribution is 2.68. The van der Waals surface area contributed by atoms with E-state index in [9.17, 15) is 19.8 Å². The summed E-state index contributed by atoms with van der Waals surface area (Å²) >= 11 is 0. The maximum atomic E-state index is 13.1. The molecule has 164 valence electrons. The van der Waals surface area contributed by atoms with Gasteiger partial charge >= 0.3 is 0 Å². The number of Topliss-reactive ketones (excluding diaryl/α,β-unsaturated/α-hetero) is 1. The number of carbonyl (C=O) groups is 2. The summed E-state index contributed by atoms with van der Waals surface area (Å²) in [5, 5.41) is 21.9. The van der Waals surface area contributed by atoms with Crippen LogP contribution in [0.3, 0.4) is 0 Å². The third-order valence-corrected chi connectivity index (χ3v) is 9.36. The van der Waals surface area contributed by atoms with E-state index < -0.39 is 23.4 Å². The van der Waals surface area contributed by atoms with Crippen LogP contribution >= 0.6 is 0 Å². The van der Waals surface area contributed by atoms with Crippen molar-refractivity contribution >= 4 is 11.6 Å². The molecular formula is C27H32O4. The summed E-state index contributed by atoms with van der Waals surface area (Å²) in [7, 11) is 0. The standard InChI is InChI=1S/C27H32O4/c1-25-12-10-19(29)14-18(25)8-9-20-21(25)11-13-26(2)23(20)15-22(17-6-4-3-5-7-17)27(26,31)24(30)16-28/h3-7,11,14,20,22-23,28,31H,8-10,12-13,15-16H2,1-2H3/t20?,22-,23?,25-,26-,27-/m0/s1. The quantitative estimate of drug-likeness (QED) is 0.721. The van der Waals surface area contributed by atoms with Crippen molar-refractivity contribution in [3.8, 4) is 0 Å². The number of aliphatic hydroxyl groups excluding tert-OH is 1. The first-order valence-electron chi connectivity index (χ1n) is 11.6. The summed E-state index contributed by atoms with van der Waals surface area (Å²) in [5.41, 5.74) is 1.34. The topological polar surface area (TPSA) is 74.6 Å². The second-order valence-electron chi connectivity index (χ2n) is 10.5. The van der Waals surface area contributed by atoms with E-state index in [0.29, 0.717) is 18.8 Å². The van der Waals surface area contributed by atoms with Crippen LogP contribution in [0.5, 0.6) is 0 Å². The molecule has 0 aliphatic heterocycles. The molecule has 2 saturated carbocycles. The SMILES string of the molecule is C[C@]12CCC(=O)C=C1CCC1C2=CC[C@@]2(C)C1C[C@@H](c1ccccc1)[C@]2(O)C(=O)CO. The molecule has 0 amide bonds. The zero-order valence-electron chi connectivity index (χ0n) is 18.4. The lowest BCUT2D eigenvalue weighted by Crippen LogP contribution is -2.57. The highest BCUT2D eigenvalue weighted by molar-refractivity contribution is 5.92. The number of fused-ring (bicyclic) bond motifs is 5. The van der Waals surface area contributed by atoms with Gasteiger partial charge in [-0.1, -0.05) is 61.4 Å². The van der Waals surface area contributed by atoms with Crippen LogP contribution in [0, 0.1) is 22.7 Å². The van der Waals surface area contributed by atoms with Crippen LogP contribution in [0.25, 0.3) is 0 Å². The van der Waals surface area contributed by atoms with E-state index >= 15 is 0 Å². The Bertz CT molecular complexity index is 992. The molecule has 0 spiro atoms. The van der Waals surface area contributed by atoms with Gasteiger partial charge in [-0.25, -0.2) is 0 Å². The zero-order valence-corrected chi connectivity index (χ0v) is 18.4. The van der Waals surface area contributed by atoms with Gasteiger partial charge in [-0.15, -0.1) is 0 Å². The van der Waals surface area contributed by atoms with Gasteiger partial charge in [-0.2, -0.15) is 0 Å². The van der Waals surface area contributed by atoms with Crippen molar-refractivity contribution in [3.63, 3.8) is 0 Å².